The van der Waals surface area contributed by atoms with Gasteiger partial charge in [0.25, 0.3) is 0 Å². The summed E-state index contributed by atoms with van der Waals surface area (Å²) in [5.74, 6) is 0. The second-order valence-electron chi connectivity index (χ2n) is 4.67. The largest absolute Gasteiger partial charge is 0.324 e. The fourth-order valence-corrected chi connectivity index (χ4v) is 1.58. The molecule has 5 nitrogen and oxygen atoms in total. The molecule has 1 rings (SSSR count). The maximum atomic E-state index is 12.0. The molecule has 0 spiro atoms. The third kappa shape index (κ3) is 4.27. The van der Waals surface area contributed by atoms with Gasteiger partial charge in [-0.2, -0.15) is 5.26 Å². The van der Waals surface area contributed by atoms with E-state index in [9.17, 15) is 4.79 Å². The smallest absolute Gasteiger partial charge is 0.321 e. The highest BCUT2D eigenvalue weighted by Gasteiger charge is 2.15. The van der Waals surface area contributed by atoms with Gasteiger partial charge in [0.15, 0.2) is 0 Å². The van der Waals surface area contributed by atoms with Gasteiger partial charge in [0, 0.05) is 24.8 Å². The number of hydrogen-bond acceptors (Lipinski definition) is 3. The molecule has 0 fully saturated rings. The lowest BCUT2D eigenvalue weighted by Gasteiger charge is -2.23. The molecule has 0 bridgehead atoms. The number of carbonyl (C=O) groups is 1. The van der Waals surface area contributed by atoms with Gasteiger partial charge in [0.2, 0.25) is 0 Å². The van der Waals surface area contributed by atoms with Gasteiger partial charge >= 0.3 is 6.03 Å². The number of carbonyl (C=O) groups excluding carboxylic acids is 1. The van der Waals surface area contributed by atoms with E-state index < -0.39 is 0 Å². The number of amides is 2. The number of hydrogen-bond donors (Lipinski definition) is 2. The zero-order valence-corrected chi connectivity index (χ0v) is 11.6. The van der Waals surface area contributed by atoms with Gasteiger partial charge < -0.3 is 16.0 Å². The maximum absolute atomic E-state index is 12.0. The molecule has 2 unspecified atom stereocenters. The van der Waals surface area contributed by atoms with Crippen LogP contribution in [-0.2, 0) is 0 Å². The molecule has 0 saturated carbocycles. The highest BCUT2D eigenvalue weighted by Crippen LogP contribution is 2.16. The van der Waals surface area contributed by atoms with Crippen molar-refractivity contribution < 1.29 is 4.79 Å². The van der Waals surface area contributed by atoms with Gasteiger partial charge in [-0.3, -0.25) is 0 Å². The van der Waals surface area contributed by atoms with Crippen LogP contribution < -0.4 is 11.1 Å². The summed E-state index contributed by atoms with van der Waals surface area (Å²) in [5.41, 5.74) is 7.47. The predicted molar refractivity (Wildman–Crippen MR) is 75.5 cm³/mol. The first-order chi connectivity index (χ1) is 8.95. The Morgan fingerprint density at radius 1 is 1.53 bits per heavy atom. The zero-order valence-electron chi connectivity index (χ0n) is 11.6. The lowest BCUT2D eigenvalue weighted by molar-refractivity contribution is 0.208. The fraction of sp³-hybridized carbons (Fsp3) is 0.429. The summed E-state index contributed by atoms with van der Waals surface area (Å²) in [6, 6.07) is 9.06. The van der Waals surface area contributed by atoms with Gasteiger partial charge in [-0.05, 0) is 31.5 Å². The third-order valence-corrected chi connectivity index (χ3v) is 3.03. The maximum Gasteiger partial charge on any atom is 0.321 e. The van der Waals surface area contributed by atoms with Gasteiger partial charge in [0.1, 0.15) is 0 Å². The van der Waals surface area contributed by atoms with Crippen LogP contribution in [-0.4, -0.2) is 24.0 Å². The quantitative estimate of drug-likeness (QED) is 0.872. The number of nitrogens with one attached hydrogen (secondary N) is 1. The molecule has 3 N–H and O–H groups in total. The molecule has 0 aromatic heterocycles. The van der Waals surface area contributed by atoms with Gasteiger partial charge in [0.05, 0.1) is 12.5 Å². The monoisotopic (exact) mass is 260 g/mol. The van der Waals surface area contributed by atoms with Crippen molar-refractivity contribution in [1.82, 2.24) is 4.90 Å². The first-order valence-electron chi connectivity index (χ1n) is 6.22. The molecule has 0 heterocycles. The predicted octanol–water partition coefficient (Wildman–Crippen LogP) is 2.47. The van der Waals surface area contributed by atoms with Crippen molar-refractivity contribution in [3.8, 4) is 6.07 Å². The minimum atomic E-state index is -0.232. The molecule has 5 heteroatoms. The van der Waals surface area contributed by atoms with E-state index in [1.807, 2.05) is 38.1 Å². The molecule has 1 aromatic carbocycles. The standard InChI is InChI=1S/C14H20N4O/c1-10(7-8-15)18(3)14(19)17-13-6-4-5-12(9-13)11(2)16/h4-6,9-11H,7,16H2,1-3H3,(H,17,19). The molecule has 0 aliphatic heterocycles. The molecule has 2 amide bonds. The Hall–Kier alpha value is -2.06. The van der Waals surface area contributed by atoms with Crippen molar-refractivity contribution >= 4 is 11.7 Å². The molecule has 0 radical (unpaired) electrons. The van der Waals surface area contributed by atoms with Crippen molar-refractivity contribution in [2.45, 2.75) is 32.4 Å². The number of rotatable bonds is 4. The fourth-order valence-electron chi connectivity index (χ4n) is 1.58. The molecule has 19 heavy (non-hydrogen) atoms. The van der Waals surface area contributed by atoms with E-state index >= 15 is 0 Å². The number of nitrogens with two attached hydrogens (primary N) is 1. The third-order valence-electron chi connectivity index (χ3n) is 3.03. The summed E-state index contributed by atoms with van der Waals surface area (Å²) in [5, 5.41) is 11.4. The Balaban J connectivity index is 2.72. The molecular weight excluding hydrogens is 240 g/mol. The van der Waals surface area contributed by atoms with Crippen LogP contribution in [0.3, 0.4) is 0 Å². The number of anilines is 1. The minimum Gasteiger partial charge on any atom is -0.324 e. The summed E-state index contributed by atoms with van der Waals surface area (Å²) >= 11 is 0. The van der Waals surface area contributed by atoms with Crippen LogP contribution in [0.25, 0.3) is 0 Å². The highest BCUT2D eigenvalue weighted by atomic mass is 16.2. The van der Waals surface area contributed by atoms with E-state index in [1.165, 1.54) is 4.90 Å². The van der Waals surface area contributed by atoms with E-state index in [-0.39, 0.29) is 18.1 Å². The normalized spacial score (nSPS) is 13.2. The van der Waals surface area contributed by atoms with Crippen LogP contribution in [0.15, 0.2) is 24.3 Å². The highest BCUT2D eigenvalue weighted by molar-refractivity contribution is 5.89. The van der Waals surface area contributed by atoms with E-state index in [1.54, 1.807) is 7.05 Å². The minimum absolute atomic E-state index is 0.0768. The van der Waals surface area contributed by atoms with Crippen molar-refractivity contribution in [2.24, 2.45) is 5.73 Å². The first kappa shape index (κ1) is 15.0. The summed E-state index contributed by atoms with van der Waals surface area (Å²) in [7, 11) is 1.67. The van der Waals surface area contributed by atoms with E-state index in [2.05, 4.69) is 11.4 Å². The number of benzene rings is 1. The van der Waals surface area contributed by atoms with Crippen molar-refractivity contribution in [3.63, 3.8) is 0 Å². The van der Waals surface area contributed by atoms with Crippen LogP contribution >= 0.6 is 0 Å². The Morgan fingerprint density at radius 3 is 2.79 bits per heavy atom. The average Bonchev–Trinajstić information content (AvgIpc) is 2.38. The second-order valence-corrected chi connectivity index (χ2v) is 4.67. The molecule has 0 aliphatic carbocycles. The van der Waals surface area contributed by atoms with Crippen LogP contribution in [0.2, 0.25) is 0 Å². The average molecular weight is 260 g/mol. The summed E-state index contributed by atoms with van der Waals surface area (Å²) < 4.78 is 0. The Kier molecular flexibility index (Phi) is 5.34. The van der Waals surface area contributed by atoms with Crippen LogP contribution in [0.5, 0.6) is 0 Å². The molecular formula is C14H20N4O. The van der Waals surface area contributed by atoms with Crippen LogP contribution in [0.4, 0.5) is 10.5 Å². The summed E-state index contributed by atoms with van der Waals surface area (Å²) in [4.78, 5) is 13.5. The number of nitrogens with zero attached hydrogens (tertiary/aromatic N) is 2. The number of urea groups is 1. The lowest BCUT2D eigenvalue weighted by atomic mass is 10.1. The molecule has 2 atom stereocenters. The van der Waals surface area contributed by atoms with Crippen molar-refractivity contribution in [1.29, 1.82) is 5.26 Å². The van der Waals surface area contributed by atoms with Crippen molar-refractivity contribution in [2.75, 3.05) is 12.4 Å². The van der Waals surface area contributed by atoms with E-state index in [0.717, 1.165) is 5.56 Å². The summed E-state index contributed by atoms with van der Waals surface area (Å²) in [6.07, 6.45) is 0.309. The molecule has 0 saturated heterocycles. The van der Waals surface area contributed by atoms with Gasteiger partial charge in [-0.15, -0.1) is 0 Å². The zero-order chi connectivity index (χ0) is 14.4. The van der Waals surface area contributed by atoms with E-state index in [0.29, 0.717) is 12.1 Å². The number of nitriles is 1. The molecule has 0 aliphatic rings. The SMILES string of the molecule is CC(N)c1cccc(NC(=O)N(C)C(C)CC#N)c1. The molecule has 102 valence electrons. The summed E-state index contributed by atoms with van der Waals surface area (Å²) in [6.45, 7) is 3.73. The Morgan fingerprint density at radius 2 is 2.21 bits per heavy atom. The van der Waals surface area contributed by atoms with Gasteiger partial charge in [-0.25, -0.2) is 4.79 Å². The van der Waals surface area contributed by atoms with Gasteiger partial charge in [-0.1, -0.05) is 12.1 Å². The Bertz CT molecular complexity index is 479. The van der Waals surface area contributed by atoms with Crippen molar-refractivity contribution in [3.05, 3.63) is 29.8 Å². The Labute approximate surface area is 114 Å². The molecule has 1 aromatic rings. The van der Waals surface area contributed by atoms with Crippen LogP contribution in [0, 0.1) is 11.3 Å². The lowest BCUT2D eigenvalue weighted by Crippen LogP contribution is -2.38. The second kappa shape index (κ2) is 6.76. The first-order valence-corrected chi connectivity index (χ1v) is 6.22. The van der Waals surface area contributed by atoms with Crippen LogP contribution in [0.1, 0.15) is 31.9 Å². The van der Waals surface area contributed by atoms with E-state index in [4.69, 9.17) is 11.0 Å². The topological polar surface area (TPSA) is 82.2 Å².